The van der Waals surface area contributed by atoms with Gasteiger partial charge in [-0.25, -0.2) is 8.42 Å². The number of amides is 1. The fourth-order valence-electron chi connectivity index (χ4n) is 3.42. The number of halogens is 3. The Kier molecular flexibility index (Phi) is 7.98. The van der Waals surface area contributed by atoms with Crippen LogP contribution >= 0.6 is 0 Å². The molecule has 180 valence electrons. The van der Waals surface area contributed by atoms with Gasteiger partial charge in [0.15, 0.2) is 0 Å². The number of anilines is 1. The Labute approximate surface area is 197 Å². The molecular formula is C25H25F3N2O3S. The third-order valence-electron chi connectivity index (χ3n) is 5.20. The maximum absolute atomic E-state index is 13.3. The van der Waals surface area contributed by atoms with Gasteiger partial charge in [-0.2, -0.15) is 13.2 Å². The predicted octanol–water partition coefficient (Wildman–Crippen LogP) is 5.04. The first-order chi connectivity index (χ1) is 16.1. The molecule has 0 unspecified atom stereocenters. The average Bonchev–Trinajstić information content (AvgIpc) is 2.82. The van der Waals surface area contributed by atoms with E-state index in [1.165, 1.54) is 30.3 Å². The van der Waals surface area contributed by atoms with E-state index in [-0.39, 0.29) is 16.6 Å². The second-order valence-electron chi connectivity index (χ2n) is 7.87. The molecular weight excluding hydrogens is 465 g/mol. The number of aryl methyl sites for hydroxylation is 1. The Balaban J connectivity index is 1.82. The minimum Gasteiger partial charge on any atom is -0.352 e. The summed E-state index contributed by atoms with van der Waals surface area (Å²) in [6, 6.07) is 20.6. The first-order valence-corrected chi connectivity index (χ1v) is 12.1. The van der Waals surface area contributed by atoms with Crippen LogP contribution in [0.3, 0.4) is 0 Å². The van der Waals surface area contributed by atoms with Crippen molar-refractivity contribution in [2.75, 3.05) is 10.8 Å². The highest BCUT2D eigenvalue weighted by Crippen LogP contribution is 2.33. The topological polar surface area (TPSA) is 66.5 Å². The van der Waals surface area contributed by atoms with Gasteiger partial charge in [0.1, 0.15) is 6.54 Å². The molecule has 0 aromatic heterocycles. The van der Waals surface area contributed by atoms with Crippen molar-refractivity contribution in [2.45, 2.75) is 36.9 Å². The van der Waals surface area contributed by atoms with Crippen LogP contribution in [0.15, 0.2) is 89.8 Å². The lowest BCUT2D eigenvalue weighted by molar-refractivity contribution is -0.137. The Morgan fingerprint density at radius 1 is 0.941 bits per heavy atom. The number of hydrogen-bond acceptors (Lipinski definition) is 3. The van der Waals surface area contributed by atoms with Crippen LogP contribution in [-0.2, 0) is 27.4 Å². The van der Waals surface area contributed by atoms with Crippen molar-refractivity contribution in [1.29, 1.82) is 0 Å². The van der Waals surface area contributed by atoms with E-state index in [4.69, 9.17) is 0 Å². The highest BCUT2D eigenvalue weighted by Gasteiger charge is 2.33. The van der Waals surface area contributed by atoms with E-state index in [1.54, 1.807) is 13.0 Å². The van der Waals surface area contributed by atoms with Gasteiger partial charge >= 0.3 is 6.18 Å². The number of alkyl halides is 3. The lowest BCUT2D eigenvalue weighted by atomic mass is 10.1. The zero-order valence-corrected chi connectivity index (χ0v) is 19.3. The molecule has 0 spiro atoms. The number of benzene rings is 3. The average molecular weight is 491 g/mol. The zero-order chi connectivity index (χ0) is 24.8. The lowest BCUT2D eigenvalue weighted by Gasteiger charge is -2.25. The highest BCUT2D eigenvalue weighted by molar-refractivity contribution is 7.92. The molecule has 3 aromatic rings. The second kappa shape index (κ2) is 10.7. The van der Waals surface area contributed by atoms with Crippen molar-refractivity contribution >= 4 is 21.6 Å². The molecule has 3 rings (SSSR count). The van der Waals surface area contributed by atoms with Crippen LogP contribution < -0.4 is 9.62 Å². The maximum atomic E-state index is 13.3. The summed E-state index contributed by atoms with van der Waals surface area (Å²) in [6.45, 7) is 1.13. The molecule has 9 heteroatoms. The van der Waals surface area contributed by atoms with E-state index < -0.39 is 34.2 Å². The van der Waals surface area contributed by atoms with Gasteiger partial charge in [-0.15, -0.1) is 0 Å². The molecule has 0 aliphatic rings. The van der Waals surface area contributed by atoms with Crippen molar-refractivity contribution in [3.63, 3.8) is 0 Å². The van der Waals surface area contributed by atoms with Gasteiger partial charge in [-0.3, -0.25) is 9.10 Å². The molecule has 0 fully saturated rings. The molecule has 0 saturated carbocycles. The van der Waals surface area contributed by atoms with Crippen LogP contribution in [0.4, 0.5) is 18.9 Å². The smallest absolute Gasteiger partial charge is 0.352 e. The highest BCUT2D eigenvalue weighted by atomic mass is 32.2. The normalized spacial score (nSPS) is 12.7. The molecule has 1 amide bonds. The zero-order valence-electron chi connectivity index (χ0n) is 18.5. The van der Waals surface area contributed by atoms with Crippen molar-refractivity contribution in [3.8, 4) is 0 Å². The van der Waals surface area contributed by atoms with E-state index in [2.05, 4.69) is 5.32 Å². The molecule has 5 nitrogen and oxygen atoms in total. The summed E-state index contributed by atoms with van der Waals surface area (Å²) in [5.74, 6) is -0.613. The van der Waals surface area contributed by atoms with E-state index in [0.717, 1.165) is 23.8 Å². The van der Waals surface area contributed by atoms with Crippen LogP contribution in [0.25, 0.3) is 0 Å². The van der Waals surface area contributed by atoms with Crippen LogP contribution in [0.1, 0.15) is 24.5 Å². The van der Waals surface area contributed by atoms with Crippen LogP contribution in [-0.4, -0.2) is 26.9 Å². The number of nitrogens with one attached hydrogen (secondary N) is 1. The van der Waals surface area contributed by atoms with Gasteiger partial charge in [0.25, 0.3) is 10.0 Å². The van der Waals surface area contributed by atoms with E-state index in [9.17, 15) is 26.4 Å². The number of carbonyl (C=O) groups is 1. The van der Waals surface area contributed by atoms with Crippen molar-refractivity contribution in [2.24, 2.45) is 0 Å². The molecule has 0 heterocycles. The first-order valence-electron chi connectivity index (χ1n) is 10.7. The van der Waals surface area contributed by atoms with E-state index >= 15 is 0 Å². The monoisotopic (exact) mass is 490 g/mol. The Hall–Kier alpha value is -3.33. The number of nitrogens with zero attached hydrogens (tertiary/aromatic N) is 1. The summed E-state index contributed by atoms with van der Waals surface area (Å²) in [5, 5.41) is 2.75. The maximum Gasteiger partial charge on any atom is 0.416 e. The Bertz CT molecular complexity index is 1200. The SMILES string of the molecule is C[C@H](CCc1ccccc1)NC(=O)CN(c1cccc(C(F)(F)F)c1)S(=O)(=O)c1ccccc1. The quantitative estimate of drug-likeness (QED) is 0.457. The van der Waals surface area contributed by atoms with Crippen molar-refractivity contribution in [1.82, 2.24) is 5.32 Å². The van der Waals surface area contributed by atoms with Crippen LogP contribution in [0, 0.1) is 0 Å². The van der Waals surface area contributed by atoms with Crippen molar-refractivity contribution in [3.05, 3.63) is 96.1 Å². The number of carbonyl (C=O) groups excluding carboxylic acids is 1. The molecule has 0 aliphatic carbocycles. The second-order valence-corrected chi connectivity index (χ2v) is 9.73. The molecule has 3 aromatic carbocycles. The molecule has 34 heavy (non-hydrogen) atoms. The fraction of sp³-hybridized carbons (Fsp3) is 0.240. The van der Waals surface area contributed by atoms with E-state index in [1.807, 2.05) is 30.3 Å². The van der Waals surface area contributed by atoms with E-state index in [0.29, 0.717) is 17.1 Å². The van der Waals surface area contributed by atoms with Gasteiger partial charge in [-0.05, 0) is 55.7 Å². The van der Waals surface area contributed by atoms with Gasteiger partial charge in [-0.1, -0.05) is 54.6 Å². The van der Waals surface area contributed by atoms with Crippen LogP contribution in [0.2, 0.25) is 0 Å². The number of sulfonamides is 1. The minimum atomic E-state index is -4.66. The predicted molar refractivity (Wildman–Crippen MR) is 125 cm³/mol. The summed E-state index contributed by atoms with van der Waals surface area (Å²) in [5.41, 5.74) is -0.151. The van der Waals surface area contributed by atoms with Gasteiger partial charge in [0.2, 0.25) is 5.91 Å². The molecule has 0 radical (unpaired) electrons. The summed E-state index contributed by atoms with van der Waals surface area (Å²) in [6.07, 6.45) is -3.33. The minimum absolute atomic E-state index is 0.127. The Morgan fingerprint density at radius 2 is 1.56 bits per heavy atom. The van der Waals surface area contributed by atoms with Gasteiger partial charge in [0, 0.05) is 6.04 Å². The van der Waals surface area contributed by atoms with Gasteiger partial charge < -0.3 is 5.32 Å². The third-order valence-corrected chi connectivity index (χ3v) is 6.98. The van der Waals surface area contributed by atoms with Crippen molar-refractivity contribution < 1.29 is 26.4 Å². The summed E-state index contributed by atoms with van der Waals surface area (Å²) in [4.78, 5) is 12.6. The molecule has 0 aliphatic heterocycles. The molecule has 0 saturated heterocycles. The summed E-state index contributed by atoms with van der Waals surface area (Å²) < 4.78 is 67.1. The standard InChI is InChI=1S/C25H25F3N2O3S/c1-19(15-16-20-9-4-2-5-10-20)29-24(31)18-30(34(32,33)23-13-6-3-7-14-23)22-12-8-11-21(17-22)25(26,27)28/h2-14,17,19H,15-16,18H2,1H3,(H,29,31)/t19-/m1/s1. The molecule has 1 atom stereocenters. The number of rotatable bonds is 9. The molecule has 0 bridgehead atoms. The van der Waals surface area contributed by atoms with Crippen LogP contribution in [0.5, 0.6) is 0 Å². The first kappa shape index (κ1) is 25.3. The third kappa shape index (κ3) is 6.60. The summed E-state index contributed by atoms with van der Waals surface area (Å²) >= 11 is 0. The molecule has 1 N–H and O–H groups in total. The summed E-state index contributed by atoms with van der Waals surface area (Å²) in [7, 11) is -4.30. The fourth-order valence-corrected chi connectivity index (χ4v) is 4.86. The Morgan fingerprint density at radius 3 is 2.18 bits per heavy atom. The largest absolute Gasteiger partial charge is 0.416 e. The van der Waals surface area contributed by atoms with Gasteiger partial charge in [0.05, 0.1) is 16.1 Å². The number of hydrogen-bond donors (Lipinski definition) is 1. The lowest BCUT2D eigenvalue weighted by Crippen LogP contribution is -2.43.